The lowest BCUT2D eigenvalue weighted by Crippen LogP contribution is -2.51. The molecule has 1 aliphatic rings. The molecular formula is C10H18N2O3. The number of nitrogens with one attached hydrogen (secondary N) is 2. The Labute approximate surface area is 89.2 Å². The van der Waals surface area contributed by atoms with Crippen LogP contribution in [0.5, 0.6) is 0 Å². The monoisotopic (exact) mass is 214 g/mol. The standard InChI is InChI=1S/C10H18N2O3/c1-10(2,6-8(13)14)12-9(15)7-4-3-5-11-7/h7,11H,3-6H2,1-2H3,(H,12,15)(H,13,14)/t7-/m0/s1. The Bertz CT molecular complexity index is 257. The Morgan fingerprint density at radius 1 is 1.53 bits per heavy atom. The third-order valence-corrected chi connectivity index (χ3v) is 2.43. The number of amides is 1. The van der Waals surface area contributed by atoms with Gasteiger partial charge in [-0.05, 0) is 33.2 Å². The summed E-state index contributed by atoms with van der Waals surface area (Å²) in [5.74, 6) is -1.00. The van der Waals surface area contributed by atoms with Crippen molar-refractivity contribution < 1.29 is 14.7 Å². The average Bonchev–Trinajstić information content (AvgIpc) is 2.50. The first-order valence-corrected chi connectivity index (χ1v) is 5.18. The van der Waals surface area contributed by atoms with Crippen molar-refractivity contribution in [2.24, 2.45) is 0 Å². The van der Waals surface area contributed by atoms with Crippen LogP contribution < -0.4 is 10.6 Å². The van der Waals surface area contributed by atoms with Gasteiger partial charge in [0.25, 0.3) is 0 Å². The molecule has 0 bridgehead atoms. The van der Waals surface area contributed by atoms with Crippen LogP contribution in [0.15, 0.2) is 0 Å². The first-order chi connectivity index (χ1) is 6.91. The van der Waals surface area contributed by atoms with E-state index >= 15 is 0 Å². The zero-order valence-corrected chi connectivity index (χ0v) is 9.17. The molecule has 5 nitrogen and oxygen atoms in total. The van der Waals surface area contributed by atoms with Crippen LogP contribution >= 0.6 is 0 Å². The minimum Gasteiger partial charge on any atom is -0.481 e. The predicted octanol–water partition coefficient (Wildman–Crippen LogP) is 0.108. The largest absolute Gasteiger partial charge is 0.481 e. The Kier molecular flexibility index (Phi) is 3.68. The van der Waals surface area contributed by atoms with Crippen LogP contribution in [-0.2, 0) is 9.59 Å². The molecule has 1 rings (SSSR count). The van der Waals surface area contributed by atoms with Gasteiger partial charge < -0.3 is 15.7 Å². The number of rotatable bonds is 4. The van der Waals surface area contributed by atoms with Crippen LogP contribution in [-0.4, -0.2) is 35.1 Å². The highest BCUT2D eigenvalue weighted by Gasteiger charge is 2.29. The number of hydrogen-bond donors (Lipinski definition) is 3. The second-order valence-corrected chi connectivity index (χ2v) is 4.59. The minimum atomic E-state index is -0.903. The summed E-state index contributed by atoms with van der Waals surface area (Å²) in [4.78, 5) is 22.2. The minimum absolute atomic E-state index is 0.0640. The molecule has 1 amide bonds. The van der Waals surface area contributed by atoms with E-state index in [0.29, 0.717) is 0 Å². The molecule has 0 radical (unpaired) electrons. The molecule has 0 aromatic heterocycles. The van der Waals surface area contributed by atoms with Gasteiger partial charge in [-0.15, -0.1) is 0 Å². The number of hydrogen-bond acceptors (Lipinski definition) is 3. The Balaban J connectivity index is 2.44. The molecule has 0 aliphatic carbocycles. The van der Waals surface area contributed by atoms with Gasteiger partial charge in [-0.1, -0.05) is 0 Å². The fraction of sp³-hybridized carbons (Fsp3) is 0.800. The van der Waals surface area contributed by atoms with Gasteiger partial charge in [-0.2, -0.15) is 0 Å². The van der Waals surface area contributed by atoms with Crippen molar-refractivity contribution in [1.29, 1.82) is 0 Å². The van der Waals surface area contributed by atoms with Gasteiger partial charge >= 0.3 is 5.97 Å². The van der Waals surface area contributed by atoms with Crippen LogP contribution in [0.2, 0.25) is 0 Å². The van der Waals surface area contributed by atoms with Crippen LogP contribution in [0.3, 0.4) is 0 Å². The fourth-order valence-corrected chi connectivity index (χ4v) is 1.75. The number of carbonyl (C=O) groups is 2. The lowest BCUT2D eigenvalue weighted by molar-refractivity contribution is -0.138. The second kappa shape index (κ2) is 4.61. The van der Waals surface area contributed by atoms with Crippen molar-refractivity contribution in [3.05, 3.63) is 0 Å². The second-order valence-electron chi connectivity index (χ2n) is 4.59. The van der Waals surface area contributed by atoms with Gasteiger partial charge in [-0.3, -0.25) is 9.59 Å². The van der Waals surface area contributed by atoms with E-state index in [1.807, 2.05) is 0 Å². The topological polar surface area (TPSA) is 78.4 Å². The molecule has 15 heavy (non-hydrogen) atoms. The summed E-state index contributed by atoms with van der Waals surface area (Å²) in [7, 11) is 0. The Hall–Kier alpha value is -1.10. The number of carboxylic acid groups (broad SMARTS) is 1. The van der Waals surface area contributed by atoms with Gasteiger partial charge in [0.15, 0.2) is 0 Å². The lowest BCUT2D eigenvalue weighted by Gasteiger charge is -2.26. The van der Waals surface area contributed by atoms with Crippen LogP contribution in [0, 0.1) is 0 Å². The van der Waals surface area contributed by atoms with E-state index in [0.717, 1.165) is 19.4 Å². The van der Waals surface area contributed by atoms with Crippen LogP contribution in [0.1, 0.15) is 33.1 Å². The maximum atomic E-state index is 11.7. The zero-order chi connectivity index (χ0) is 11.5. The zero-order valence-electron chi connectivity index (χ0n) is 9.17. The van der Waals surface area contributed by atoms with Crippen molar-refractivity contribution in [3.63, 3.8) is 0 Å². The summed E-state index contributed by atoms with van der Waals surface area (Å²) in [6, 6.07) is -0.155. The smallest absolute Gasteiger partial charge is 0.305 e. The van der Waals surface area contributed by atoms with Gasteiger partial charge in [0.2, 0.25) is 5.91 Å². The van der Waals surface area contributed by atoms with Crippen LogP contribution in [0.4, 0.5) is 0 Å². The molecule has 0 aromatic rings. The van der Waals surface area contributed by atoms with Crippen molar-refractivity contribution in [1.82, 2.24) is 10.6 Å². The highest BCUT2D eigenvalue weighted by Crippen LogP contribution is 2.11. The van der Waals surface area contributed by atoms with E-state index in [2.05, 4.69) is 10.6 Å². The summed E-state index contributed by atoms with van der Waals surface area (Å²) in [5.41, 5.74) is -0.687. The van der Waals surface area contributed by atoms with E-state index in [1.165, 1.54) is 0 Å². The number of carbonyl (C=O) groups excluding carboxylic acids is 1. The van der Waals surface area contributed by atoms with Crippen LogP contribution in [0.25, 0.3) is 0 Å². The molecule has 1 heterocycles. The lowest BCUT2D eigenvalue weighted by atomic mass is 10.00. The van der Waals surface area contributed by atoms with Crippen molar-refractivity contribution in [2.45, 2.75) is 44.7 Å². The molecule has 1 saturated heterocycles. The molecule has 1 fully saturated rings. The SMILES string of the molecule is CC(C)(CC(=O)O)NC(=O)[C@@H]1CCCN1. The van der Waals surface area contributed by atoms with E-state index in [4.69, 9.17) is 5.11 Å². The Morgan fingerprint density at radius 2 is 2.20 bits per heavy atom. The predicted molar refractivity (Wildman–Crippen MR) is 55.5 cm³/mol. The molecular weight excluding hydrogens is 196 g/mol. The molecule has 0 spiro atoms. The van der Waals surface area contributed by atoms with Crippen molar-refractivity contribution in [2.75, 3.05) is 6.54 Å². The summed E-state index contributed by atoms with van der Waals surface area (Å²) >= 11 is 0. The summed E-state index contributed by atoms with van der Waals surface area (Å²) < 4.78 is 0. The first-order valence-electron chi connectivity index (χ1n) is 5.18. The molecule has 3 N–H and O–H groups in total. The first kappa shape index (κ1) is 12.0. The maximum Gasteiger partial charge on any atom is 0.305 e. The Morgan fingerprint density at radius 3 is 2.67 bits per heavy atom. The maximum absolute atomic E-state index is 11.7. The van der Waals surface area contributed by atoms with Gasteiger partial charge in [0.1, 0.15) is 0 Å². The highest BCUT2D eigenvalue weighted by atomic mass is 16.4. The van der Waals surface area contributed by atoms with Gasteiger partial charge in [0.05, 0.1) is 12.5 Å². The summed E-state index contributed by atoms with van der Waals surface area (Å²) in [6.45, 7) is 4.29. The molecule has 0 unspecified atom stereocenters. The number of aliphatic carboxylic acids is 1. The average molecular weight is 214 g/mol. The third kappa shape index (κ3) is 3.87. The number of carboxylic acids is 1. The fourth-order valence-electron chi connectivity index (χ4n) is 1.75. The van der Waals surface area contributed by atoms with Gasteiger partial charge in [-0.25, -0.2) is 0 Å². The van der Waals surface area contributed by atoms with Crippen molar-refractivity contribution in [3.8, 4) is 0 Å². The third-order valence-electron chi connectivity index (χ3n) is 2.43. The molecule has 86 valence electrons. The molecule has 1 atom stereocenters. The molecule has 0 saturated carbocycles. The van der Waals surface area contributed by atoms with E-state index in [-0.39, 0.29) is 18.4 Å². The normalized spacial score (nSPS) is 21.3. The molecule has 5 heteroatoms. The van der Waals surface area contributed by atoms with Crippen molar-refractivity contribution >= 4 is 11.9 Å². The van der Waals surface area contributed by atoms with Gasteiger partial charge in [0, 0.05) is 5.54 Å². The quantitative estimate of drug-likeness (QED) is 0.620. The summed E-state index contributed by atoms with van der Waals surface area (Å²) in [5, 5.41) is 14.5. The highest BCUT2D eigenvalue weighted by molar-refractivity contribution is 5.83. The van der Waals surface area contributed by atoms with E-state index in [9.17, 15) is 9.59 Å². The van der Waals surface area contributed by atoms with E-state index in [1.54, 1.807) is 13.8 Å². The molecule has 0 aromatic carbocycles. The van der Waals surface area contributed by atoms with E-state index < -0.39 is 11.5 Å². The molecule has 1 aliphatic heterocycles. The summed E-state index contributed by atoms with van der Waals surface area (Å²) in [6.07, 6.45) is 1.76.